The molecule has 4 nitrogen and oxygen atoms in total. The number of nitrogen functional groups attached to an aromatic ring is 1. The lowest BCUT2D eigenvalue weighted by Crippen LogP contribution is -2.10. The van der Waals surface area contributed by atoms with Crippen LogP contribution in [0.2, 0.25) is 0 Å². The van der Waals surface area contributed by atoms with E-state index in [2.05, 4.69) is 4.74 Å². The van der Waals surface area contributed by atoms with Crippen LogP contribution in [0.1, 0.15) is 0 Å². The summed E-state index contributed by atoms with van der Waals surface area (Å²) in [7, 11) is 0. The van der Waals surface area contributed by atoms with Crippen molar-refractivity contribution in [3.63, 3.8) is 0 Å². The molecule has 0 fully saturated rings. The average molecular weight is 203 g/mol. The van der Waals surface area contributed by atoms with E-state index in [1.165, 1.54) is 0 Å². The summed E-state index contributed by atoms with van der Waals surface area (Å²) in [6.45, 7) is -0.706. The minimum atomic E-state index is -1.26. The van der Waals surface area contributed by atoms with E-state index in [4.69, 9.17) is 10.8 Å². The van der Waals surface area contributed by atoms with Crippen LogP contribution in [0.15, 0.2) is 12.1 Å². The van der Waals surface area contributed by atoms with Crippen LogP contribution in [-0.4, -0.2) is 17.7 Å². The Bertz CT molecular complexity index is 368. The largest absolute Gasteiger partial charge is 0.479 e. The van der Waals surface area contributed by atoms with Crippen LogP contribution in [-0.2, 0) is 4.79 Å². The third-order valence-corrected chi connectivity index (χ3v) is 1.40. The molecule has 1 rings (SSSR count). The number of rotatable bonds is 3. The number of nitrogens with two attached hydrogens (primary N) is 1. The van der Waals surface area contributed by atoms with E-state index in [0.29, 0.717) is 6.07 Å². The van der Waals surface area contributed by atoms with Gasteiger partial charge in [-0.3, -0.25) is 0 Å². The molecule has 1 aromatic carbocycles. The van der Waals surface area contributed by atoms with Gasteiger partial charge in [0.2, 0.25) is 0 Å². The zero-order chi connectivity index (χ0) is 10.7. The second-order valence-electron chi connectivity index (χ2n) is 2.49. The Morgan fingerprint density at radius 1 is 1.43 bits per heavy atom. The molecule has 0 bridgehead atoms. The van der Waals surface area contributed by atoms with Gasteiger partial charge < -0.3 is 15.6 Å². The highest BCUT2D eigenvalue weighted by atomic mass is 19.1. The average Bonchev–Trinajstić information content (AvgIpc) is 2.09. The van der Waals surface area contributed by atoms with E-state index in [1.807, 2.05) is 0 Å². The molecule has 3 N–H and O–H groups in total. The SMILES string of the molecule is Nc1cc(OCC(=O)O)c(F)cc1F. The standard InChI is InChI=1S/C8H7F2NO3/c9-4-1-5(10)7(2-6(4)11)14-3-8(12)13/h1-2H,3,11H2,(H,12,13). The summed E-state index contributed by atoms with van der Waals surface area (Å²) in [6, 6.07) is 1.43. The molecule has 0 atom stereocenters. The highest BCUT2D eigenvalue weighted by molar-refractivity contribution is 5.68. The maximum Gasteiger partial charge on any atom is 0.341 e. The highest BCUT2D eigenvalue weighted by Gasteiger charge is 2.09. The van der Waals surface area contributed by atoms with Crippen LogP contribution in [0.5, 0.6) is 5.75 Å². The number of carboxylic acids is 1. The molecule has 0 aliphatic rings. The molecule has 0 unspecified atom stereocenters. The molecular weight excluding hydrogens is 196 g/mol. The fourth-order valence-electron chi connectivity index (χ4n) is 0.795. The summed E-state index contributed by atoms with van der Waals surface area (Å²) in [4.78, 5) is 10.1. The smallest absolute Gasteiger partial charge is 0.341 e. The van der Waals surface area contributed by atoms with Crippen LogP contribution in [0.3, 0.4) is 0 Å². The minimum Gasteiger partial charge on any atom is -0.479 e. The van der Waals surface area contributed by atoms with Crippen molar-refractivity contribution in [3.8, 4) is 5.75 Å². The second-order valence-corrected chi connectivity index (χ2v) is 2.49. The third-order valence-electron chi connectivity index (χ3n) is 1.40. The lowest BCUT2D eigenvalue weighted by molar-refractivity contribution is -0.139. The molecular formula is C8H7F2NO3. The van der Waals surface area contributed by atoms with Crippen molar-refractivity contribution >= 4 is 11.7 Å². The summed E-state index contributed by atoms with van der Waals surface area (Å²) in [6.07, 6.45) is 0. The Labute approximate surface area is 77.9 Å². The summed E-state index contributed by atoms with van der Waals surface area (Å²) in [5, 5.41) is 8.24. The fourth-order valence-corrected chi connectivity index (χ4v) is 0.795. The first-order valence-electron chi connectivity index (χ1n) is 3.60. The van der Waals surface area contributed by atoms with Crippen molar-refractivity contribution in [3.05, 3.63) is 23.8 Å². The number of anilines is 1. The predicted molar refractivity (Wildman–Crippen MR) is 43.9 cm³/mol. The van der Waals surface area contributed by atoms with Crippen molar-refractivity contribution in [2.24, 2.45) is 0 Å². The number of hydrogen-bond donors (Lipinski definition) is 2. The van der Waals surface area contributed by atoms with Crippen LogP contribution in [0.4, 0.5) is 14.5 Å². The van der Waals surface area contributed by atoms with Crippen LogP contribution in [0, 0.1) is 11.6 Å². The summed E-state index contributed by atoms with van der Waals surface area (Å²) < 4.78 is 30.0. The Morgan fingerprint density at radius 2 is 2.07 bits per heavy atom. The second kappa shape index (κ2) is 3.91. The molecule has 0 aromatic heterocycles. The molecule has 0 amide bonds. The number of aliphatic carboxylic acids is 1. The topological polar surface area (TPSA) is 72.5 Å². The fraction of sp³-hybridized carbons (Fsp3) is 0.125. The number of ether oxygens (including phenoxy) is 1. The Kier molecular flexibility index (Phi) is 2.85. The minimum absolute atomic E-state index is 0.299. The molecule has 0 saturated heterocycles. The first-order chi connectivity index (χ1) is 6.50. The normalized spacial score (nSPS) is 9.86. The van der Waals surface area contributed by atoms with Crippen molar-refractivity contribution in [1.29, 1.82) is 0 Å². The van der Waals surface area contributed by atoms with Crippen molar-refractivity contribution in [1.82, 2.24) is 0 Å². The van der Waals surface area contributed by atoms with Gasteiger partial charge in [0.05, 0.1) is 5.69 Å². The maximum atomic E-state index is 12.9. The Hall–Kier alpha value is -1.85. The first kappa shape index (κ1) is 10.2. The summed E-state index contributed by atoms with van der Waals surface area (Å²) in [5.74, 6) is -3.54. The Balaban J connectivity index is 2.87. The van der Waals surface area contributed by atoms with Crippen molar-refractivity contribution in [2.75, 3.05) is 12.3 Å². The van der Waals surface area contributed by atoms with E-state index in [-0.39, 0.29) is 11.4 Å². The van der Waals surface area contributed by atoms with Gasteiger partial charge in [-0.2, -0.15) is 0 Å². The van der Waals surface area contributed by atoms with Crippen LogP contribution in [0.25, 0.3) is 0 Å². The highest BCUT2D eigenvalue weighted by Crippen LogP contribution is 2.22. The lowest BCUT2D eigenvalue weighted by Gasteiger charge is -2.05. The van der Waals surface area contributed by atoms with Gasteiger partial charge in [-0.25, -0.2) is 13.6 Å². The maximum absolute atomic E-state index is 12.9. The number of carboxylic acid groups (broad SMARTS) is 1. The molecule has 0 saturated carbocycles. The quantitative estimate of drug-likeness (QED) is 0.719. The van der Waals surface area contributed by atoms with Crippen LogP contribution >= 0.6 is 0 Å². The third kappa shape index (κ3) is 2.32. The monoisotopic (exact) mass is 203 g/mol. The van der Waals surface area contributed by atoms with E-state index in [1.54, 1.807) is 0 Å². The van der Waals surface area contributed by atoms with Gasteiger partial charge in [0.15, 0.2) is 18.2 Å². The van der Waals surface area contributed by atoms with E-state index in [0.717, 1.165) is 6.07 Å². The van der Waals surface area contributed by atoms with Crippen molar-refractivity contribution in [2.45, 2.75) is 0 Å². The van der Waals surface area contributed by atoms with Gasteiger partial charge in [0.25, 0.3) is 0 Å². The van der Waals surface area contributed by atoms with E-state index >= 15 is 0 Å². The molecule has 0 aliphatic heterocycles. The van der Waals surface area contributed by atoms with Gasteiger partial charge >= 0.3 is 5.97 Å². The lowest BCUT2D eigenvalue weighted by atomic mass is 10.3. The van der Waals surface area contributed by atoms with Gasteiger partial charge in [-0.15, -0.1) is 0 Å². The number of halogens is 2. The van der Waals surface area contributed by atoms with E-state index in [9.17, 15) is 13.6 Å². The van der Waals surface area contributed by atoms with Crippen LogP contribution < -0.4 is 10.5 Å². The number of benzene rings is 1. The summed E-state index contributed by atoms with van der Waals surface area (Å²) in [5.41, 5.74) is 4.83. The molecule has 6 heteroatoms. The zero-order valence-electron chi connectivity index (χ0n) is 6.96. The zero-order valence-corrected chi connectivity index (χ0v) is 6.96. The predicted octanol–water partition coefficient (Wildman–Crippen LogP) is 1.01. The molecule has 0 aliphatic carbocycles. The molecule has 0 heterocycles. The molecule has 0 spiro atoms. The molecule has 0 radical (unpaired) electrons. The van der Waals surface area contributed by atoms with Gasteiger partial charge in [-0.1, -0.05) is 0 Å². The Morgan fingerprint density at radius 3 is 2.64 bits per heavy atom. The molecule has 1 aromatic rings. The number of carbonyl (C=O) groups is 1. The van der Waals surface area contributed by atoms with Gasteiger partial charge in [0, 0.05) is 12.1 Å². The summed E-state index contributed by atoms with van der Waals surface area (Å²) >= 11 is 0. The van der Waals surface area contributed by atoms with Gasteiger partial charge in [-0.05, 0) is 0 Å². The van der Waals surface area contributed by atoms with E-state index < -0.39 is 24.2 Å². The first-order valence-corrected chi connectivity index (χ1v) is 3.60. The van der Waals surface area contributed by atoms with Gasteiger partial charge in [0.1, 0.15) is 5.82 Å². The number of hydrogen-bond acceptors (Lipinski definition) is 3. The molecule has 14 heavy (non-hydrogen) atoms. The van der Waals surface area contributed by atoms with Crippen molar-refractivity contribution < 1.29 is 23.4 Å². The molecule has 76 valence electrons.